The Hall–Kier alpha value is -1.11. The van der Waals surface area contributed by atoms with E-state index in [-0.39, 0.29) is 5.56 Å². The van der Waals surface area contributed by atoms with Crippen LogP contribution in [0.1, 0.15) is 17.9 Å². The SMILES string of the molecule is CCOc1cccc(C(O)S(=O)(=O)O)c1. The Balaban J connectivity index is 3.00. The van der Waals surface area contributed by atoms with Crippen molar-refractivity contribution in [1.29, 1.82) is 0 Å². The van der Waals surface area contributed by atoms with E-state index in [0.717, 1.165) is 0 Å². The number of ether oxygens (including phenoxy) is 1. The first-order valence-corrected chi connectivity index (χ1v) is 5.82. The third-order valence-electron chi connectivity index (χ3n) is 1.74. The highest BCUT2D eigenvalue weighted by molar-refractivity contribution is 7.85. The van der Waals surface area contributed by atoms with Crippen LogP contribution in [0.4, 0.5) is 0 Å². The van der Waals surface area contributed by atoms with Crippen LogP contribution in [0.25, 0.3) is 0 Å². The van der Waals surface area contributed by atoms with Gasteiger partial charge >= 0.3 is 0 Å². The normalized spacial score (nSPS) is 13.5. The van der Waals surface area contributed by atoms with Gasteiger partial charge in [0.2, 0.25) is 5.44 Å². The number of hydrogen-bond donors (Lipinski definition) is 2. The first-order valence-electron chi connectivity index (χ1n) is 4.32. The van der Waals surface area contributed by atoms with Crippen molar-refractivity contribution >= 4 is 10.1 Å². The fourth-order valence-corrected chi connectivity index (χ4v) is 1.59. The molecule has 0 amide bonds. The standard InChI is InChI=1S/C9H12O5S/c1-2-14-8-5-3-4-7(6-8)9(10)15(11,12)13/h3-6,9-10H,2H2,1H3,(H,11,12,13). The van der Waals surface area contributed by atoms with Crippen molar-refractivity contribution in [2.24, 2.45) is 0 Å². The molecule has 84 valence electrons. The molecule has 0 saturated heterocycles. The number of rotatable bonds is 4. The lowest BCUT2D eigenvalue weighted by Crippen LogP contribution is -2.11. The molecule has 15 heavy (non-hydrogen) atoms. The average Bonchev–Trinajstić information content (AvgIpc) is 2.16. The zero-order valence-electron chi connectivity index (χ0n) is 8.12. The largest absolute Gasteiger partial charge is 0.494 e. The average molecular weight is 232 g/mol. The highest BCUT2D eigenvalue weighted by Gasteiger charge is 2.21. The van der Waals surface area contributed by atoms with Gasteiger partial charge in [0.05, 0.1) is 6.61 Å². The van der Waals surface area contributed by atoms with Crippen LogP contribution >= 0.6 is 0 Å². The van der Waals surface area contributed by atoms with Gasteiger partial charge in [-0.2, -0.15) is 8.42 Å². The van der Waals surface area contributed by atoms with E-state index in [1.165, 1.54) is 18.2 Å². The molecular formula is C9H12O5S. The molecule has 1 aromatic carbocycles. The summed E-state index contributed by atoms with van der Waals surface area (Å²) in [5.74, 6) is 0.442. The first-order chi connectivity index (χ1) is 6.95. The van der Waals surface area contributed by atoms with E-state index < -0.39 is 15.6 Å². The minimum absolute atomic E-state index is 0.0726. The maximum atomic E-state index is 10.7. The maximum Gasteiger partial charge on any atom is 0.296 e. The summed E-state index contributed by atoms with van der Waals surface area (Å²) in [6.45, 7) is 2.22. The molecule has 6 heteroatoms. The molecule has 0 heterocycles. The molecule has 0 aliphatic carbocycles. The van der Waals surface area contributed by atoms with Crippen molar-refractivity contribution in [3.63, 3.8) is 0 Å². The van der Waals surface area contributed by atoms with Gasteiger partial charge in [-0.25, -0.2) is 0 Å². The lowest BCUT2D eigenvalue weighted by atomic mass is 10.2. The Bertz CT molecular complexity index is 426. The van der Waals surface area contributed by atoms with Crippen LogP contribution in [-0.2, 0) is 10.1 Å². The number of aliphatic hydroxyl groups is 1. The van der Waals surface area contributed by atoms with Crippen LogP contribution in [0.2, 0.25) is 0 Å². The lowest BCUT2D eigenvalue weighted by Gasteiger charge is -2.09. The molecule has 1 unspecified atom stereocenters. The molecule has 0 radical (unpaired) electrons. The van der Waals surface area contributed by atoms with Gasteiger partial charge in [-0.1, -0.05) is 12.1 Å². The zero-order valence-corrected chi connectivity index (χ0v) is 8.94. The minimum atomic E-state index is -4.49. The van der Waals surface area contributed by atoms with Crippen molar-refractivity contribution < 1.29 is 22.8 Å². The summed E-state index contributed by atoms with van der Waals surface area (Å²) in [6, 6.07) is 5.92. The summed E-state index contributed by atoms with van der Waals surface area (Å²) in [4.78, 5) is 0. The van der Waals surface area contributed by atoms with Gasteiger partial charge in [-0.15, -0.1) is 0 Å². The van der Waals surface area contributed by atoms with Crippen LogP contribution < -0.4 is 4.74 Å². The Morgan fingerprint density at radius 3 is 2.67 bits per heavy atom. The summed E-state index contributed by atoms with van der Waals surface area (Å²) >= 11 is 0. The maximum absolute atomic E-state index is 10.7. The van der Waals surface area contributed by atoms with E-state index in [9.17, 15) is 13.5 Å². The quantitative estimate of drug-likeness (QED) is 0.755. The fourth-order valence-electron chi connectivity index (χ4n) is 1.10. The molecule has 1 rings (SSSR count). The predicted molar refractivity (Wildman–Crippen MR) is 54.1 cm³/mol. The smallest absolute Gasteiger partial charge is 0.296 e. The monoisotopic (exact) mass is 232 g/mol. The highest BCUT2D eigenvalue weighted by atomic mass is 32.2. The van der Waals surface area contributed by atoms with E-state index in [1.807, 2.05) is 0 Å². The summed E-state index contributed by atoms with van der Waals surface area (Å²) in [5.41, 5.74) is -1.86. The molecule has 0 fully saturated rings. The van der Waals surface area contributed by atoms with Gasteiger partial charge in [0.15, 0.2) is 0 Å². The molecule has 2 N–H and O–H groups in total. The second-order valence-electron chi connectivity index (χ2n) is 2.87. The molecule has 0 spiro atoms. The Morgan fingerprint density at radius 2 is 2.13 bits per heavy atom. The van der Waals surface area contributed by atoms with Gasteiger partial charge in [-0.05, 0) is 19.1 Å². The number of aliphatic hydroxyl groups excluding tert-OH is 1. The van der Waals surface area contributed by atoms with Crippen molar-refractivity contribution in [2.45, 2.75) is 12.4 Å². The zero-order chi connectivity index (χ0) is 11.5. The van der Waals surface area contributed by atoms with Crippen LogP contribution in [0.5, 0.6) is 5.75 Å². The second kappa shape index (κ2) is 4.61. The van der Waals surface area contributed by atoms with Crippen molar-refractivity contribution in [3.8, 4) is 5.75 Å². The molecule has 0 aliphatic rings. The van der Waals surface area contributed by atoms with Crippen LogP contribution in [0.15, 0.2) is 24.3 Å². The molecule has 0 aliphatic heterocycles. The van der Waals surface area contributed by atoms with E-state index in [4.69, 9.17) is 9.29 Å². The van der Waals surface area contributed by atoms with E-state index >= 15 is 0 Å². The number of benzene rings is 1. The van der Waals surface area contributed by atoms with E-state index in [1.54, 1.807) is 13.0 Å². The number of hydrogen-bond acceptors (Lipinski definition) is 4. The molecule has 0 bridgehead atoms. The third kappa shape index (κ3) is 3.19. The third-order valence-corrected chi connectivity index (χ3v) is 2.57. The van der Waals surface area contributed by atoms with E-state index in [2.05, 4.69) is 0 Å². The second-order valence-corrected chi connectivity index (χ2v) is 4.35. The molecule has 1 aromatic rings. The highest BCUT2D eigenvalue weighted by Crippen LogP contribution is 2.22. The Kier molecular flexibility index (Phi) is 3.67. The van der Waals surface area contributed by atoms with Crippen LogP contribution in [0.3, 0.4) is 0 Å². The molecule has 1 atom stereocenters. The first kappa shape index (κ1) is 12.0. The Labute approximate surface area is 88.1 Å². The van der Waals surface area contributed by atoms with Gasteiger partial charge in [0, 0.05) is 5.56 Å². The van der Waals surface area contributed by atoms with Crippen molar-refractivity contribution in [2.75, 3.05) is 6.61 Å². The van der Waals surface area contributed by atoms with E-state index in [0.29, 0.717) is 12.4 Å². The predicted octanol–water partition coefficient (Wildman–Crippen LogP) is 0.964. The summed E-state index contributed by atoms with van der Waals surface area (Å²) < 4.78 is 35.1. The molecule has 0 saturated carbocycles. The fraction of sp³-hybridized carbons (Fsp3) is 0.333. The van der Waals surface area contributed by atoms with Crippen LogP contribution in [-0.4, -0.2) is 24.7 Å². The molecular weight excluding hydrogens is 220 g/mol. The topological polar surface area (TPSA) is 83.8 Å². The molecule has 5 nitrogen and oxygen atoms in total. The van der Waals surface area contributed by atoms with Gasteiger partial charge < -0.3 is 9.84 Å². The summed E-state index contributed by atoms with van der Waals surface area (Å²) in [7, 11) is -4.49. The van der Waals surface area contributed by atoms with Crippen molar-refractivity contribution in [1.82, 2.24) is 0 Å². The van der Waals surface area contributed by atoms with Gasteiger partial charge in [0.25, 0.3) is 10.1 Å². The minimum Gasteiger partial charge on any atom is -0.494 e. The summed E-state index contributed by atoms with van der Waals surface area (Å²) in [6.07, 6.45) is 0. The van der Waals surface area contributed by atoms with Gasteiger partial charge in [-0.3, -0.25) is 4.55 Å². The Morgan fingerprint density at radius 1 is 1.47 bits per heavy atom. The molecule has 0 aromatic heterocycles. The van der Waals surface area contributed by atoms with Gasteiger partial charge in [0.1, 0.15) is 5.75 Å². The summed E-state index contributed by atoms with van der Waals surface area (Å²) in [5, 5.41) is 9.26. The van der Waals surface area contributed by atoms with Crippen molar-refractivity contribution in [3.05, 3.63) is 29.8 Å². The lowest BCUT2D eigenvalue weighted by molar-refractivity contribution is 0.237. The van der Waals surface area contributed by atoms with Crippen LogP contribution in [0, 0.1) is 0 Å².